The third-order valence-corrected chi connectivity index (χ3v) is 12.3. The molecule has 0 bridgehead atoms. The minimum atomic E-state index is -2.06. The summed E-state index contributed by atoms with van der Waals surface area (Å²) in [5.41, 5.74) is 3.36. The Kier molecular flexibility index (Phi) is 8.42. The maximum atomic E-state index is 14.5. The Labute approximate surface area is 314 Å². The largest absolute Gasteiger partial charge is 0.504 e. The highest BCUT2D eigenvalue weighted by Gasteiger charge is 2.76. The number of nitrogens with zero attached hydrogens (tertiary/aromatic N) is 2. The normalized spacial score (nSPS) is 27.8. The Morgan fingerprint density at radius 3 is 2.19 bits per heavy atom. The van der Waals surface area contributed by atoms with E-state index in [1.54, 1.807) is 48.6 Å². The first-order valence-electron chi connectivity index (χ1n) is 17.0. The molecule has 268 valence electrons. The summed E-state index contributed by atoms with van der Waals surface area (Å²) in [6.45, 7) is 0. The van der Waals surface area contributed by atoms with E-state index in [0.29, 0.717) is 16.8 Å². The van der Waals surface area contributed by atoms with Crippen molar-refractivity contribution < 1.29 is 33.4 Å². The van der Waals surface area contributed by atoms with E-state index in [1.165, 1.54) is 30.2 Å². The van der Waals surface area contributed by atoms with Crippen LogP contribution in [0.1, 0.15) is 18.4 Å². The van der Waals surface area contributed by atoms with Gasteiger partial charge in [0.2, 0.25) is 11.8 Å². The van der Waals surface area contributed by atoms with Crippen LogP contribution in [0.3, 0.4) is 0 Å². The number of carbonyl (C=O) groups is 4. The first-order valence-corrected chi connectivity index (χ1v) is 17.8. The van der Waals surface area contributed by atoms with Crippen LogP contribution >= 0.6 is 23.2 Å². The van der Waals surface area contributed by atoms with Crippen LogP contribution in [0.15, 0.2) is 115 Å². The summed E-state index contributed by atoms with van der Waals surface area (Å²) >= 11 is 14.8. The predicted molar refractivity (Wildman–Crippen MR) is 200 cm³/mol. The van der Waals surface area contributed by atoms with Crippen LogP contribution in [-0.2, 0) is 19.2 Å². The van der Waals surface area contributed by atoms with Gasteiger partial charge >= 0.3 is 0 Å². The number of rotatable bonds is 7. The van der Waals surface area contributed by atoms with Gasteiger partial charge < -0.3 is 15.2 Å². The third-order valence-electron chi connectivity index (χ3n) is 10.8. The van der Waals surface area contributed by atoms with E-state index in [0.717, 1.165) is 28.4 Å². The van der Waals surface area contributed by atoms with Crippen molar-refractivity contribution >= 4 is 75.7 Å². The van der Waals surface area contributed by atoms with Crippen LogP contribution in [0.25, 0.3) is 6.08 Å². The number of methoxy groups -OCH3 is 1. The monoisotopic (exact) mass is 751 g/mol. The summed E-state index contributed by atoms with van der Waals surface area (Å²) in [4.78, 5) is 55.3. The molecule has 2 aliphatic heterocycles. The molecule has 0 spiro atoms. The molecule has 8 rings (SSSR count). The number of para-hydroxylation sites is 1. The number of alkyl halides is 2. The van der Waals surface area contributed by atoms with Gasteiger partial charge in [0.15, 0.2) is 21.2 Å². The van der Waals surface area contributed by atoms with Gasteiger partial charge in [0.05, 0.1) is 30.3 Å². The van der Waals surface area contributed by atoms with Crippen LogP contribution < -0.4 is 19.9 Å². The Balaban J connectivity index is 1.18. The number of imide groups is 2. The summed E-state index contributed by atoms with van der Waals surface area (Å²) < 4.78 is 19.2. The second kappa shape index (κ2) is 12.9. The molecule has 2 N–H and O–H groups in total. The fourth-order valence-electron chi connectivity index (χ4n) is 8.29. The number of aromatic hydroxyl groups is 1. The quantitative estimate of drug-likeness (QED) is 0.114. The van der Waals surface area contributed by atoms with E-state index in [-0.39, 0.29) is 35.9 Å². The zero-order chi connectivity index (χ0) is 37.2. The van der Waals surface area contributed by atoms with Crippen LogP contribution in [0.5, 0.6) is 11.5 Å². The third kappa shape index (κ3) is 5.34. The van der Waals surface area contributed by atoms with Gasteiger partial charge in [-0.1, -0.05) is 48.1 Å². The lowest BCUT2D eigenvalue weighted by Gasteiger charge is -2.49. The number of allylic oxidation sites excluding steroid dienone is 3. The summed E-state index contributed by atoms with van der Waals surface area (Å²) in [6.07, 6.45) is 5.20. The number of fused-ring (bicyclic) bond motifs is 4. The maximum absolute atomic E-state index is 14.5. The lowest BCUT2D eigenvalue weighted by molar-refractivity contribution is -0.125. The van der Waals surface area contributed by atoms with E-state index in [1.807, 2.05) is 36.4 Å². The van der Waals surface area contributed by atoms with Crippen molar-refractivity contribution in [3.8, 4) is 11.5 Å². The molecule has 4 aromatic carbocycles. The first-order chi connectivity index (χ1) is 25.5. The highest BCUT2D eigenvalue weighted by atomic mass is 35.5. The van der Waals surface area contributed by atoms with Crippen LogP contribution in [-0.4, -0.2) is 45.6 Å². The van der Waals surface area contributed by atoms with Gasteiger partial charge in [0.25, 0.3) is 11.8 Å². The molecule has 4 aliphatic rings. The minimum absolute atomic E-state index is 0.0698. The molecule has 6 unspecified atom stereocenters. The maximum Gasteiger partial charge on any atom is 0.258 e. The van der Waals surface area contributed by atoms with Crippen LogP contribution in [0.2, 0.25) is 0 Å². The van der Waals surface area contributed by atoms with Gasteiger partial charge in [-0.15, -0.1) is 23.2 Å². The van der Waals surface area contributed by atoms with E-state index in [4.69, 9.17) is 27.9 Å². The molecule has 0 radical (unpaired) electrons. The molecule has 9 nitrogen and oxygen atoms in total. The van der Waals surface area contributed by atoms with Crippen molar-refractivity contribution in [2.75, 3.05) is 22.2 Å². The van der Waals surface area contributed by atoms with E-state index in [9.17, 15) is 28.7 Å². The molecule has 4 aromatic rings. The number of halogens is 3. The molecule has 1 saturated carbocycles. The number of nitrogens with one attached hydrogen (secondary N) is 1. The van der Waals surface area contributed by atoms with E-state index < -0.39 is 57.0 Å². The molecule has 2 aliphatic carbocycles. The zero-order valence-corrected chi connectivity index (χ0v) is 29.7. The molecule has 4 amide bonds. The lowest BCUT2D eigenvalue weighted by atomic mass is 9.57. The number of hydrogen-bond donors (Lipinski definition) is 2. The molecule has 53 heavy (non-hydrogen) atoms. The average Bonchev–Trinajstić information content (AvgIpc) is 3.50. The summed E-state index contributed by atoms with van der Waals surface area (Å²) in [7, 11) is 1.42. The topological polar surface area (TPSA) is 116 Å². The molecule has 3 fully saturated rings. The fraction of sp³-hybridized carbons (Fsp3) is 0.220. The van der Waals surface area contributed by atoms with Crippen molar-refractivity contribution in [1.82, 2.24) is 0 Å². The Morgan fingerprint density at radius 1 is 0.830 bits per heavy atom. The van der Waals surface area contributed by atoms with Crippen molar-refractivity contribution in [2.45, 2.75) is 22.6 Å². The Bertz CT molecular complexity index is 2230. The number of ether oxygens (including phenoxy) is 1. The summed E-state index contributed by atoms with van der Waals surface area (Å²) in [5.74, 6) is -6.15. The van der Waals surface area contributed by atoms with E-state index >= 15 is 0 Å². The van der Waals surface area contributed by atoms with Crippen molar-refractivity contribution in [3.05, 3.63) is 126 Å². The number of phenolic OH excluding ortho intramolecular Hbond substituents is 1. The molecule has 0 aromatic heterocycles. The second-order valence-electron chi connectivity index (χ2n) is 13.6. The Hall–Kier alpha value is -5.45. The summed E-state index contributed by atoms with van der Waals surface area (Å²) in [6, 6.07) is 26.1. The zero-order valence-electron chi connectivity index (χ0n) is 28.2. The SMILES string of the molecule is COc1cc(C=CC2C3=CCC4C(=O)N(c5ccc(Nc6ccccc6)cc5)C(=O)C4C3CC3(Cl)C(=O)N(c4ccc(F)cc4)C(=O)C23Cl)ccc1O. The van der Waals surface area contributed by atoms with Crippen molar-refractivity contribution in [2.24, 2.45) is 23.7 Å². The summed E-state index contributed by atoms with van der Waals surface area (Å²) in [5, 5.41) is 13.5. The van der Waals surface area contributed by atoms with Crippen LogP contribution in [0.4, 0.5) is 27.1 Å². The number of phenols is 1. The average molecular weight is 753 g/mol. The van der Waals surface area contributed by atoms with Crippen molar-refractivity contribution in [1.29, 1.82) is 0 Å². The Morgan fingerprint density at radius 2 is 1.49 bits per heavy atom. The molecule has 12 heteroatoms. The highest BCUT2D eigenvalue weighted by molar-refractivity contribution is 6.58. The molecule has 2 heterocycles. The highest BCUT2D eigenvalue weighted by Crippen LogP contribution is 2.63. The number of benzene rings is 4. The second-order valence-corrected chi connectivity index (χ2v) is 14.9. The smallest absolute Gasteiger partial charge is 0.258 e. The fourth-order valence-corrected chi connectivity index (χ4v) is 9.18. The van der Waals surface area contributed by atoms with Crippen molar-refractivity contribution in [3.63, 3.8) is 0 Å². The van der Waals surface area contributed by atoms with Gasteiger partial charge in [-0.2, -0.15) is 0 Å². The van der Waals surface area contributed by atoms with Crippen LogP contribution in [0, 0.1) is 29.5 Å². The van der Waals surface area contributed by atoms with Gasteiger partial charge in [-0.05, 0) is 97.1 Å². The molecule has 6 atom stereocenters. The number of anilines is 4. The van der Waals surface area contributed by atoms with Gasteiger partial charge in [-0.25, -0.2) is 9.29 Å². The number of amides is 4. The first kappa shape index (κ1) is 34.6. The minimum Gasteiger partial charge on any atom is -0.504 e. The standard InChI is InChI=1S/C41H32Cl2FN3O6/c1-53-34-21-23(8-20-33(34)48)7-19-32-29-17-18-30-35(37(50)46(36(30)49)27-15-11-26(12-16-27)45-25-5-3-2-4-6-25)31(29)22-40(42)38(51)47(39(52)41(32,40)43)28-13-9-24(44)10-14-28/h2-17,19-21,30-32,35,45,48H,18,22H2,1H3. The number of hydrogen-bond acceptors (Lipinski definition) is 7. The predicted octanol–water partition coefficient (Wildman–Crippen LogP) is 7.60. The lowest BCUT2D eigenvalue weighted by Crippen LogP contribution is -2.60. The van der Waals surface area contributed by atoms with Gasteiger partial charge in [-0.3, -0.25) is 24.1 Å². The van der Waals surface area contributed by atoms with Gasteiger partial charge in [0, 0.05) is 17.3 Å². The molecular formula is C41H32Cl2FN3O6. The molecular weight excluding hydrogens is 720 g/mol. The number of carbonyl (C=O) groups excluding carboxylic acids is 4. The van der Waals surface area contributed by atoms with E-state index in [2.05, 4.69) is 5.32 Å². The van der Waals surface area contributed by atoms with Gasteiger partial charge in [0.1, 0.15) is 5.82 Å². The molecule has 2 saturated heterocycles.